The normalized spacial score (nSPS) is 22.2. The molecule has 0 bridgehead atoms. The molecule has 1 saturated heterocycles. The Labute approximate surface area is 200 Å². The Balaban J connectivity index is 1.67. The van der Waals surface area contributed by atoms with Crippen LogP contribution in [-0.4, -0.2) is 62.5 Å². The molecule has 0 N–H and O–H groups in total. The number of ether oxygens (including phenoxy) is 2. The Morgan fingerprint density at radius 3 is 2.58 bits per heavy atom. The minimum absolute atomic E-state index is 0.106. The Hall–Kier alpha value is -1.78. The van der Waals surface area contributed by atoms with Gasteiger partial charge in [0.05, 0.1) is 24.9 Å². The van der Waals surface area contributed by atoms with E-state index in [2.05, 4.69) is 36.9 Å². The molecule has 2 atom stereocenters. The third-order valence-corrected chi connectivity index (χ3v) is 9.90. The van der Waals surface area contributed by atoms with Gasteiger partial charge in [0.25, 0.3) is 10.0 Å². The van der Waals surface area contributed by atoms with Crippen LogP contribution in [0.3, 0.4) is 0 Å². The summed E-state index contributed by atoms with van der Waals surface area (Å²) in [4.78, 5) is 16.0. The van der Waals surface area contributed by atoms with Crippen molar-refractivity contribution in [2.75, 3.05) is 26.7 Å². The summed E-state index contributed by atoms with van der Waals surface area (Å²) in [5.74, 6) is -0.580. The van der Waals surface area contributed by atoms with Crippen LogP contribution in [0.25, 0.3) is 0 Å². The molecule has 1 aromatic carbocycles. The van der Waals surface area contributed by atoms with Crippen molar-refractivity contribution in [3.8, 4) is 0 Å². The number of hydrogen-bond acceptors (Lipinski definition) is 7. The van der Waals surface area contributed by atoms with Gasteiger partial charge in [0, 0.05) is 37.6 Å². The Kier molecular flexibility index (Phi) is 6.98. The quantitative estimate of drug-likeness (QED) is 0.595. The number of rotatable bonds is 5. The summed E-state index contributed by atoms with van der Waals surface area (Å²) in [5, 5.41) is 0. The highest BCUT2D eigenvalue weighted by atomic mass is 32.2. The number of esters is 1. The van der Waals surface area contributed by atoms with E-state index in [4.69, 9.17) is 9.47 Å². The van der Waals surface area contributed by atoms with E-state index in [-0.39, 0.29) is 35.1 Å². The standard InChI is InChI=1S/C24H32N2O5S2/c1-15-6-7-16(2)19(10-15)13-25-9-8-20-21(14-25)32-24(22(20)23(27)30-5)33(28,29)26-11-17(3)31-18(4)12-26/h6-7,10,17-18H,8-9,11-14H2,1-5H3/t17-,18+. The van der Waals surface area contributed by atoms with E-state index in [0.29, 0.717) is 13.0 Å². The van der Waals surface area contributed by atoms with Crippen molar-refractivity contribution in [3.05, 3.63) is 50.9 Å². The zero-order chi connectivity index (χ0) is 23.9. The third kappa shape index (κ3) is 4.88. The first-order valence-electron chi connectivity index (χ1n) is 11.3. The van der Waals surface area contributed by atoms with E-state index in [1.54, 1.807) is 0 Å². The minimum Gasteiger partial charge on any atom is -0.465 e. The molecule has 0 radical (unpaired) electrons. The number of benzene rings is 1. The number of aryl methyl sites for hydroxylation is 2. The van der Waals surface area contributed by atoms with Gasteiger partial charge in [-0.1, -0.05) is 23.8 Å². The molecule has 0 spiro atoms. The minimum atomic E-state index is -3.84. The highest BCUT2D eigenvalue weighted by Crippen LogP contribution is 2.39. The maximum Gasteiger partial charge on any atom is 0.340 e. The zero-order valence-electron chi connectivity index (χ0n) is 19.9. The van der Waals surface area contributed by atoms with Gasteiger partial charge in [-0.2, -0.15) is 4.31 Å². The molecular formula is C24H32N2O5S2. The SMILES string of the molecule is COC(=O)c1c(S(=O)(=O)N2C[C@@H](C)O[C@@H](C)C2)sc2c1CCN(Cc1cc(C)ccc1C)C2. The van der Waals surface area contributed by atoms with Crippen molar-refractivity contribution in [1.29, 1.82) is 0 Å². The number of carbonyl (C=O) groups excluding carboxylic acids is 1. The molecule has 1 fully saturated rings. The lowest BCUT2D eigenvalue weighted by Crippen LogP contribution is -2.48. The van der Waals surface area contributed by atoms with Crippen molar-refractivity contribution in [2.24, 2.45) is 0 Å². The number of nitrogens with zero attached hydrogens (tertiary/aromatic N) is 2. The predicted molar refractivity (Wildman–Crippen MR) is 128 cm³/mol. The molecule has 2 aromatic rings. The highest BCUT2D eigenvalue weighted by molar-refractivity contribution is 7.91. The van der Waals surface area contributed by atoms with Crippen LogP contribution in [0.5, 0.6) is 0 Å². The highest BCUT2D eigenvalue weighted by Gasteiger charge is 2.39. The van der Waals surface area contributed by atoms with Crippen LogP contribution < -0.4 is 0 Å². The summed E-state index contributed by atoms with van der Waals surface area (Å²) in [5.41, 5.74) is 4.77. The van der Waals surface area contributed by atoms with Crippen molar-refractivity contribution in [1.82, 2.24) is 9.21 Å². The Morgan fingerprint density at radius 2 is 1.91 bits per heavy atom. The van der Waals surface area contributed by atoms with Crippen LogP contribution in [0, 0.1) is 13.8 Å². The van der Waals surface area contributed by atoms with E-state index >= 15 is 0 Å². The number of fused-ring (bicyclic) bond motifs is 1. The van der Waals surface area contributed by atoms with Gasteiger partial charge >= 0.3 is 5.97 Å². The summed E-state index contributed by atoms with van der Waals surface area (Å²) in [6.07, 6.45) is 0.215. The second-order valence-electron chi connectivity index (χ2n) is 9.13. The number of carbonyl (C=O) groups is 1. The van der Waals surface area contributed by atoms with Gasteiger partial charge in [0.2, 0.25) is 0 Å². The van der Waals surface area contributed by atoms with E-state index in [1.165, 1.54) is 39.4 Å². The molecule has 33 heavy (non-hydrogen) atoms. The van der Waals surface area contributed by atoms with Crippen LogP contribution in [0.15, 0.2) is 22.4 Å². The number of methoxy groups -OCH3 is 1. The van der Waals surface area contributed by atoms with E-state index in [0.717, 1.165) is 23.5 Å². The molecule has 7 nitrogen and oxygen atoms in total. The molecule has 0 saturated carbocycles. The van der Waals surface area contributed by atoms with Crippen molar-refractivity contribution < 1.29 is 22.7 Å². The van der Waals surface area contributed by atoms with Crippen molar-refractivity contribution in [3.63, 3.8) is 0 Å². The average Bonchev–Trinajstić information content (AvgIpc) is 3.14. The van der Waals surface area contributed by atoms with E-state index in [9.17, 15) is 13.2 Å². The number of thiophene rings is 1. The van der Waals surface area contributed by atoms with E-state index in [1.807, 2.05) is 13.8 Å². The average molecular weight is 493 g/mol. The molecule has 0 unspecified atom stereocenters. The molecular weight excluding hydrogens is 460 g/mol. The van der Waals surface area contributed by atoms with Crippen LogP contribution in [0.2, 0.25) is 0 Å². The van der Waals surface area contributed by atoms with Crippen LogP contribution in [0.4, 0.5) is 0 Å². The first kappa shape index (κ1) is 24.3. The van der Waals surface area contributed by atoms with Gasteiger partial charge < -0.3 is 9.47 Å². The lowest BCUT2D eigenvalue weighted by atomic mass is 10.0. The fourth-order valence-corrected chi connectivity index (χ4v) is 8.37. The number of sulfonamides is 1. The van der Waals surface area contributed by atoms with Gasteiger partial charge in [0.1, 0.15) is 4.21 Å². The van der Waals surface area contributed by atoms with Gasteiger partial charge in [-0.15, -0.1) is 11.3 Å². The molecule has 180 valence electrons. The van der Waals surface area contributed by atoms with Gasteiger partial charge in [-0.25, -0.2) is 13.2 Å². The molecule has 0 amide bonds. The maximum atomic E-state index is 13.7. The van der Waals surface area contributed by atoms with Gasteiger partial charge in [0.15, 0.2) is 0 Å². The molecule has 4 rings (SSSR count). The lowest BCUT2D eigenvalue weighted by molar-refractivity contribution is -0.0440. The monoisotopic (exact) mass is 492 g/mol. The second-order valence-corrected chi connectivity index (χ2v) is 12.4. The Bertz CT molecular complexity index is 1150. The van der Waals surface area contributed by atoms with Gasteiger partial charge in [-0.05, 0) is 50.8 Å². The van der Waals surface area contributed by atoms with Crippen molar-refractivity contribution in [2.45, 2.75) is 63.6 Å². The largest absolute Gasteiger partial charge is 0.465 e. The fraction of sp³-hybridized carbons (Fsp3) is 0.542. The topological polar surface area (TPSA) is 76.2 Å². The molecule has 2 aliphatic heterocycles. The molecule has 9 heteroatoms. The number of morpholine rings is 1. The number of hydrogen-bond donors (Lipinski definition) is 0. The van der Waals surface area contributed by atoms with Crippen LogP contribution >= 0.6 is 11.3 Å². The Morgan fingerprint density at radius 1 is 1.21 bits per heavy atom. The van der Waals surface area contributed by atoms with Crippen molar-refractivity contribution >= 4 is 27.3 Å². The zero-order valence-corrected chi connectivity index (χ0v) is 21.5. The summed E-state index contributed by atoms with van der Waals surface area (Å²) in [7, 11) is -2.54. The lowest BCUT2D eigenvalue weighted by Gasteiger charge is -2.34. The van der Waals surface area contributed by atoms with E-state index < -0.39 is 16.0 Å². The molecule has 3 heterocycles. The summed E-state index contributed by atoms with van der Waals surface area (Å²) < 4.78 is 39.6. The summed E-state index contributed by atoms with van der Waals surface area (Å²) in [6, 6.07) is 6.45. The fourth-order valence-electron chi connectivity index (χ4n) is 4.71. The first-order chi connectivity index (χ1) is 15.6. The predicted octanol–water partition coefficient (Wildman–Crippen LogP) is 3.51. The smallest absolute Gasteiger partial charge is 0.340 e. The van der Waals surface area contributed by atoms with Crippen LogP contribution in [0.1, 0.15) is 51.3 Å². The third-order valence-electron chi connectivity index (χ3n) is 6.35. The van der Waals surface area contributed by atoms with Crippen LogP contribution in [-0.2, 0) is 39.0 Å². The maximum absolute atomic E-state index is 13.7. The summed E-state index contributed by atoms with van der Waals surface area (Å²) in [6.45, 7) is 10.6. The van der Waals surface area contributed by atoms with Gasteiger partial charge in [-0.3, -0.25) is 4.90 Å². The molecule has 1 aromatic heterocycles. The first-order valence-corrected chi connectivity index (χ1v) is 13.5. The summed E-state index contributed by atoms with van der Waals surface area (Å²) >= 11 is 1.22. The molecule has 2 aliphatic rings. The second kappa shape index (κ2) is 9.46. The molecule has 0 aliphatic carbocycles.